The van der Waals surface area contributed by atoms with Gasteiger partial charge in [-0.25, -0.2) is 0 Å². The lowest BCUT2D eigenvalue weighted by molar-refractivity contribution is -0.354. The quantitative estimate of drug-likeness (QED) is 0.272. The van der Waals surface area contributed by atoms with Crippen LogP contribution in [0.5, 0.6) is 0 Å². The van der Waals surface area contributed by atoms with E-state index in [-0.39, 0.29) is 5.69 Å². The maximum absolute atomic E-state index is 12.6. The number of hydrogen-bond donors (Lipinski definition) is 1. The van der Waals surface area contributed by atoms with Crippen molar-refractivity contribution in [2.45, 2.75) is 38.5 Å². The van der Waals surface area contributed by atoms with Gasteiger partial charge in [0.15, 0.2) is 6.21 Å². The Kier molecular flexibility index (Phi) is 6.29. The molecule has 0 amide bonds. The second kappa shape index (κ2) is 8.28. The van der Waals surface area contributed by atoms with E-state index in [4.69, 9.17) is 0 Å². The molecule has 0 heterocycles. The van der Waals surface area contributed by atoms with Gasteiger partial charge in [-0.05, 0) is 37.1 Å². The van der Waals surface area contributed by atoms with Crippen LogP contribution in [0, 0.1) is 17.0 Å². The minimum atomic E-state index is -4.45. The lowest BCUT2D eigenvalue weighted by Crippen LogP contribution is -2.23. The van der Waals surface area contributed by atoms with E-state index < -0.39 is 17.3 Å². The summed E-state index contributed by atoms with van der Waals surface area (Å²) >= 11 is 0. The number of hydrogen-bond acceptors (Lipinski definition) is 2. The summed E-state index contributed by atoms with van der Waals surface area (Å²) in [7, 11) is 0. The molecule has 27 heavy (non-hydrogen) atoms. The number of alkyl halides is 3. The van der Waals surface area contributed by atoms with Crippen molar-refractivity contribution in [2.24, 2.45) is 0 Å². The molecule has 0 saturated carbocycles. The van der Waals surface area contributed by atoms with Gasteiger partial charge in [-0.15, -0.1) is 0 Å². The summed E-state index contributed by atoms with van der Waals surface area (Å²) < 4.78 is 38.4. The van der Waals surface area contributed by atoms with Crippen LogP contribution in [-0.2, 0) is 6.18 Å². The van der Waals surface area contributed by atoms with Gasteiger partial charge in [0.05, 0.1) is 11.1 Å². The molecular formula is C21H20F3NO2. The first-order valence-electron chi connectivity index (χ1n) is 8.51. The van der Waals surface area contributed by atoms with Crippen LogP contribution in [0.3, 0.4) is 0 Å². The SMILES string of the molecule is CCC(O)(C#Cc1ccccc1/C=[N+](\[O-])c1ccc(C(F)(F)F)cc1)CC. The molecule has 0 fully saturated rings. The van der Waals surface area contributed by atoms with Gasteiger partial charge < -0.3 is 10.3 Å². The Morgan fingerprint density at radius 2 is 1.63 bits per heavy atom. The minimum Gasteiger partial charge on any atom is -0.618 e. The Balaban J connectivity index is 2.35. The van der Waals surface area contributed by atoms with Gasteiger partial charge in [-0.3, -0.25) is 0 Å². The number of benzene rings is 2. The standard InChI is InChI=1S/C21H20F3NO2/c1-3-20(26,4-2)14-13-16-7-5-6-8-17(16)15-25(27)19-11-9-18(10-12-19)21(22,23)24/h5-12,15,26H,3-4H2,1-2H3/b25-15-. The molecule has 0 bridgehead atoms. The van der Waals surface area contributed by atoms with Crippen LogP contribution >= 0.6 is 0 Å². The summed E-state index contributed by atoms with van der Waals surface area (Å²) in [4.78, 5) is 0. The molecule has 0 aromatic heterocycles. The summed E-state index contributed by atoms with van der Waals surface area (Å²) in [5, 5.41) is 22.6. The number of aliphatic hydroxyl groups is 1. The zero-order valence-corrected chi connectivity index (χ0v) is 15.0. The van der Waals surface area contributed by atoms with E-state index in [1.54, 1.807) is 24.3 Å². The Morgan fingerprint density at radius 3 is 2.19 bits per heavy atom. The molecule has 0 saturated heterocycles. The highest BCUT2D eigenvalue weighted by Crippen LogP contribution is 2.30. The van der Waals surface area contributed by atoms with Crippen molar-refractivity contribution in [3.05, 3.63) is 70.4 Å². The molecule has 0 unspecified atom stereocenters. The van der Waals surface area contributed by atoms with Crippen LogP contribution in [0.25, 0.3) is 0 Å². The van der Waals surface area contributed by atoms with E-state index >= 15 is 0 Å². The number of halogens is 3. The summed E-state index contributed by atoms with van der Waals surface area (Å²) in [6.07, 6.45) is -2.25. The molecule has 0 radical (unpaired) electrons. The molecule has 1 N–H and O–H groups in total. The first-order valence-corrected chi connectivity index (χ1v) is 8.51. The molecule has 0 spiro atoms. The Bertz CT molecular complexity index is 871. The smallest absolute Gasteiger partial charge is 0.416 e. The molecule has 0 aliphatic heterocycles. The molecule has 0 aliphatic carbocycles. The third-order valence-electron chi connectivity index (χ3n) is 4.27. The lowest BCUT2D eigenvalue weighted by Gasteiger charge is -2.17. The van der Waals surface area contributed by atoms with Gasteiger partial charge >= 0.3 is 6.18 Å². The van der Waals surface area contributed by atoms with Crippen molar-refractivity contribution in [3.8, 4) is 11.8 Å². The third-order valence-corrected chi connectivity index (χ3v) is 4.27. The summed E-state index contributed by atoms with van der Waals surface area (Å²) in [6, 6.07) is 10.8. The van der Waals surface area contributed by atoms with E-state index in [0.717, 1.165) is 24.3 Å². The zero-order valence-electron chi connectivity index (χ0n) is 15.0. The molecule has 2 aromatic carbocycles. The first kappa shape index (κ1) is 20.5. The molecule has 3 nitrogen and oxygen atoms in total. The average Bonchev–Trinajstić information content (AvgIpc) is 2.66. The highest BCUT2D eigenvalue weighted by atomic mass is 19.4. The fourth-order valence-electron chi connectivity index (χ4n) is 2.33. The summed E-state index contributed by atoms with van der Waals surface area (Å²) in [5.41, 5.74) is -0.786. The highest BCUT2D eigenvalue weighted by Gasteiger charge is 2.30. The monoisotopic (exact) mass is 375 g/mol. The second-order valence-corrected chi connectivity index (χ2v) is 6.08. The largest absolute Gasteiger partial charge is 0.618 e. The van der Waals surface area contributed by atoms with Gasteiger partial charge in [0.1, 0.15) is 5.60 Å². The van der Waals surface area contributed by atoms with Crippen molar-refractivity contribution in [1.29, 1.82) is 0 Å². The van der Waals surface area contributed by atoms with Crippen molar-refractivity contribution >= 4 is 11.9 Å². The van der Waals surface area contributed by atoms with E-state index in [1.807, 2.05) is 13.8 Å². The fraction of sp³-hybridized carbons (Fsp3) is 0.286. The van der Waals surface area contributed by atoms with Crippen LogP contribution in [0.4, 0.5) is 18.9 Å². The molecule has 6 heteroatoms. The van der Waals surface area contributed by atoms with Crippen molar-refractivity contribution in [2.75, 3.05) is 0 Å². The van der Waals surface area contributed by atoms with Crippen LogP contribution < -0.4 is 0 Å². The maximum atomic E-state index is 12.6. The van der Waals surface area contributed by atoms with Crippen molar-refractivity contribution in [3.63, 3.8) is 0 Å². The minimum absolute atomic E-state index is 0.0735. The maximum Gasteiger partial charge on any atom is 0.416 e. The number of rotatable bonds is 4. The van der Waals surface area contributed by atoms with Gasteiger partial charge in [0.25, 0.3) is 0 Å². The fourth-order valence-corrected chi connectivity index (χ4v) is 2.33. The molecule has 0 aliphatic rings. The van der Waals surface area contributed by atoms with E-state index in [9.17, 15) is 23.5 Å². The van der Waals surface area contributed by atoms with Crippen molar-refractivity contribution in [1.82, 2.24) is 0 Å². The van der Waals surface area contributed by atoms with Crippen LogP contribution in [-0.4, -0.2) is 21.7 Å². The predicted octanol–water partition coefficient (Wildman–Crippen LogP) is 4.87. The molecule has 0 atom stereocenters. The summed E-state index contributed by atoms with van der Waals surface area (Å²) in [6.45, 7) is 3.67. The molecular weight excluding hydrogens is 355 g/mol. The Labute approximate surface area is 156 Å². The Morgan fingerprint density at radius 1 is 1.04 bits per heavy atom. The van der Waals surface area contributed by atoms with Gasteiger partial charge in [0.2, 0.25) is 5.69 Å². The Hall–Kier alpha value is -2.78. The van der Waals surface area contributed by atoms with Crippen LogP contribution in [0.1, 0.15) is 43.4 Å². The highest BCUT2D eigenvalue weighted by molar-refractivity contribution is 5.81. The zero-order chi connectivity index (χ0) is 20.1. The van der Waals surface area contributed by atoms with Crippen LogP contribution in [0.2, 0.25) is 0 Å². The summed E-state index contributed by atoms with van der Waals surface area (Å²) in [5.74, 6) is 5.73. The second-order valence-electron chi connectivity index (χ2n) is 6.08. The normalized spacial score (nSPS) is 12.4. The van der Waals surface area contributed by atoms with Gasteiger partial charge in [-0.1, -0.05) is 37.8 Å². The lowest BCUT2D eigenvalue weighted by atomic mass is 9.97. The average molecular weight is 375 g/mol. The van der Waals surface area contributed by atoms with E-state index in [1.165, 1.54) is 6.21 Å². The topological polar surface area (TPSA) is 46.3 Å². The molecule has 142 valence electrons. The first-order chi connectivity index (χ1) is 12.7. The third kappa shape index (κ3) is 5.35. The number of nitrogens with zero attached hydrogens (tertiary/aromatic N) is 1. The predicted molar refractivity (Wildman–Crippen MR) is 98.7 cm³/mol. The van der Waals surface area contributed by atoms with E-state index in [0.29, 0.717) is 28.7 Å². The van der Waals surface area contributed by atoms with Gasteiger partial charge in [0, 0.05) is 17.7 Å². The van der Waals surface area contributed by atoms with Crippen molar-refractivity contribution < 1.29 is 23.0 Å². The van der Waals surface area contributed by atoms with Crippen LogP contribution in [0.15, 0.2) is 48.5 Å². The molecule has 2 rings (SSSR count). The van der Waals surface area contributed by atoms with Gasteiger partial charge in [-0.2, -0.15) is 17.9 Å². The molecule has 2 aromatic rings. The van der Waals surface area contributed by atoms with E-state index in [2.05, 4.69) is 11.8 Å².